The maximum atomic E-state index is 5.30. The molecule has 5 heteroatoms. The first-order valence-corrected chi connectivity index (χ1v) is 5.37. The lowest BCUT2D eigenvalue weighted by Crippen LogP contribution is -2.11. The summed E-state index contributed by atoms with van der Waals surface area (Å²) < 4.78 is 7.08. The van der Waals surface area contributed by atoms with Gasteiger partial charge in [-0.3, -0.25) is 4.68 Å². The molecule has 0 bridgehead atoms. The quantitative estimate of drug-likeness (QED) is 0.848. The summed E-state index contributed by atoms with van der Waals surface area (Å²) >= 11 is 0. The second kappa shape index (κ2) is 4.49. The van der Waals surface area contributed by atoms with E-state index in [0.29, 0.717) is 0 Å². The summed E-state index contributed by atoms with van der Waals surface area (Å²) in [6.45, 7) is 5.73. The van der Waals surface area contributed by atoms with Crippen LogP contribution in [0.5, 0.6) is 0 Å². The number of aromatic nitrogens is 3. The van der Waals surface area contributed by atoms with Crippen LogP contribution in [0.4, 0.5) is 0 Å². The number of hydrogen-bond donors (Lipinski definition) is 1. The lowest BCUT2D eigenvalue weighted by atomic mass is 10.1. The fraction of sp³-hybridized carbons (Fsp3) is 0.455. The highest BCUT2D eigenvalue weighted by molar-refractivity contribution is 5.62. The minimum Gasteiger partial charge on any atom is -0.356 e. The highest BCUT2D eigenvalue weighted by Gasteiger charge is 2.14. The van der Waals surface area contributed by atoms with Gasteiger partial charge in [0.2, 0.25) is 0 Å². The Kier molecular flexibility index (Phi) is 3.05. The van der Waals surface area contributed by atoms with Gasteiger partial charge in [-0.25, -0.2) is 0 Å². The van der Waals surface area contributed by atoms with Crippen molar-refractivity contribution >= 4 is 0 Å². The van der Waals surface area contributed by atoms with Crippen LogP contribution in [-0.2, 0) is 13.6 Å². The third kappa shape index (κ3) is 1.99. The third-order valence-electron chi connectivity index (χ3n) is 2.47. The normalized spacial score (nSPS) is 10.9. The van der Waals surface area contributed by atoms with Crippen LogP contribution >= 0.6 is 0 Å². The van der Waals surface area contributed by atoms with Crippen molar-refractivity contribution in [1.29, 1.82) is 0 Å². The summed E-state index contributed by atoms with van der Waals surface area (Å²) in [5.74, 6) is 0.812. The molecule has 0 aliphatic carbocycles. The summed E-state index contributed by atoms with van der Waals surface area (Å²) in [5.41, 5.74) is 3.03. The molecule has 0 unspecified atom stereocenters. The minimum atomic E-state index is 0.768. The smallest absolute Gasteiger partial charge is 0.174 e. The Bertz CT molecular complexity index is 472. The van der Waals surface area contributed by atoms with Crippen molar-refractivity contribution in [2.45, 2.75) is 20.4 Å². The van der Waals surface area contributed by atoms with Crippen molar-refractivity contribution in [3.63, 3.8) is 0 Å². The van der Waals surface area contributed by atoms with Crippen molar-refractivity contribution < 1.29 is 4.52 Å². The van der Waals surface area contributed by atoms with E-state index in [4.69, 9.17) is 4.52 Å². The Morgan fingerprint density at radius 3 is 2.94 bits per heavy atom. The molecule has 2 rings (SSSR count). The molecule has 0 spiro atoms. The number of rotatable bonds is 4. The molecule has 0 fully saturated rings. The molecule has 16 heavy (non-hydrogen) atoms. The second-order valence-corrected chi connectivity index (χ2v) is 3.76. The topological polar surface area (TPSA) is 55.9 Å². The molecule has 0 amide bonds. The highest BCUT2D eigenvalue weighted by atomic mass is 16.5. The van der Waals surface area contributed by atoms with E-state index in [1.54, 1.807) is 10.9 Å². The van der Waals surface area contributed by atoms with Gasteiger partial charge in [0.15, 0.2) is 5.76 Å². The Labute approximate surface area is 94.4 Å². The van der Waals surface area contributed by atoms with Gasteiger partial charge in [0.1, 0.15) is 0 Å². The van der Waals surface area contributed by atoms with Crippen molar-refractivity contribution in [2.75, 3.05) is 6.54 Å². The van der Waals surface area contributed by atoms with E-state index in [9.17, 15) is 0 Å². The van der Waals surface area contributed by atoms with Crippen molar-refractivity contribution in [3.8, 4) is 11.3 Å². The largest absolute Gasteiger partial charge is 0.356 e. The first kappa shape index (κ1) is 10.9. The van der Waals surface area contributed by atoms with E-state index in [2.05, 4.69) is 22.5 Å². The summed E-state index contributed by atoms with van der Waals surface area (Å²) in [6, 6.07) is 0. The number of nitrogens with one attached hydrogen (secondary N) is 1. The van der Waals surface area contributed by atoms with Gasteiger partial charge in [0.05, 0.1) is 17.5 Å². The molecule has 0 radical (unpaired) electrons. The average molecular weight is 220 g/mol. The predicted octanol–water partition coefficient (Wildman–Crippen LogP) is 1.49. The van der Waals surface area contributed by atoms with Crippen LogP contribution < -0.4 is 5.32 Å². The Hall–Kier alpha value is -1.62. The molecule has 86 valence electrons. The standard InChI is InChI=1S/C11H16N4O/c1-4-12-5-9-6-13-16-11(9)10-7-15(3)14-8(10)2/h6-7,12H,4-5H2,1-3H3. The fourth-order valence-corrected chi connectivity index (χ4v) is 1.69. The van der Waals surface area contributed by atoms with Crippen LogP contribution in [0.25, 0.3) is 11.3 Å². The molecule has 2 aromatic heterocycles. The summed E-state index contributed by atoms with van der Waals surface area (Å²) in [6.07, 6.45) is 3.70. The molecule has 2 heterocycles. The lowest BCUT2D eigenvalue weighted by Gasteiger charge is -2.00. The molecule has 0 atom stereocenters. The van der Waals surface area contributed by atoms with E-state index in [1.807, 2.05) is 20.2 Å². The number of aryl methyl sites for hydroxylation is 2. The molecule has 0 aliphatic rings. The van der Waals surface area contributed by atoms with E-state index in [1.165, 1.54) is 0 Å². The molecule has 1 N–H and O–H groups in total. The first-order chi connectivity index (χ1) is 7.72. The molecule has 5 nitrogen and oxygen atoms in total. The van der Waals surface area contributed by atoms with E-state index < -0.39 is 0 Å². The van der Waals surface area contributed by atoms with Crippen LogP contribution in [0.15, 0.2) is 16.9 Å². The number of nitrogens with zero attached hydrogens (tertiary/aromatic N) is 3. The second-order valence-electron chi connectivity index (χ2n) is 3.76. The van der Waals surface area contributed by atoms with E-state index in [0.717, 1.165) is 35.7 Å². The Morgan fingerprint density at radius 1 is 1.50 bits per heavy atom. The molecule has 0 aliphatic heterocycles. The summed E-state index contributed by atoms with van der Waals surface area (Å²) in [4.78, 5) is 0. The lowest BCUT2D eigenvalue weighted by molar-refractivity contribution is 0.431. The van der Waals surface area contributed by atoms with Gasteiger partial charge < -0.3 is 9.84 Å². The Balaban J connectivity index is 2.33. The Morgan fingerprint density at radius 2 is 2.31 bits per heavy atom. The summed E-state index contributed by atoms with van der Waals surface area (Å²) in [7, 11) is 1.90. The van der Waals surface area contributed by atoms with Crippen LogP contribution in [0.2, 0.25) is 0 Å². The van der Waals surface area contributed by atoms with Crippen LogP contribution in [0.3, 0.4) is 0 Å². The van der Waals surface area contributed by atoms with Crippen molar-refractivity contribution in [1.82, 2.24) is 20.3 Å². The van der Waals surface area contributed by atoms with Gasteiger partial charge in [-0.05, 0) is 13.5 Å². The monoisotopic (exact) mass is 220 g/mol. The van der Waals surface area contributed by atoms with Crippen LogP contribution in [0.1, 0.15) is 18.2 Å². The molecule has 0 saturated carbocycles. The molecular weight excluding hydrogens is 204 g/mol. The van der Waals surface area contributed by atoms with Crippen molar-refractivity contribution in [2.24, 2.45) is 7.05 Å². The molecular formula is C11H16N4O. The molecule has 0 aromatic carbocycles. The molecule has 2 aromatic rings. The van der Waals surface area contributed by atoms with Crippen molar-refractivity contribution in [3.05, 3.63) is 23.7 Å². The van der Waals surface area contributed by atoms with Gasteiger partial charge in [-0.15, -0.1) is 0 Å². The summed E-state index contributed by atoms with van der Waals surface area (Å²) in [5, 5.41) is 11.4. The van der Waals surface area contributed by atoms with Gasteiger partial charge in [-0.1, -0.05) is 12.1 Å². The maximum Gasteiger partial charge on any atom is 0.174 e. The van der Waals surface area contributed by atoms with E-state index >= 15 is 0 Å². The average Bonchev–Trinajstić information content (AvgIpc) is 2.81. The van der Waals surface area contributed by atoms with Gasteiger partial charge in [0.25, 0.3) is 0 Å². The minimum absolute atomic E-state index is 0.768. The third-order valence-corrected chi connectivity index (χ3v) is 2.47. The highest BCUT2D eigenvalue weighted by Crippen LogP contribution is 2.25. The molecule has 0 saturated heterocycles. The predicted molar refractivity (Wildman–Crippen MR) is 60.8 cm³/mol. The maximum absolute atomic E-state index is 5.30. The fourth-order valence-electron chi connectivity index (χ4n) is 1.69. The van der Waals surface area contributed by atoms with E-state index in [-0.39, 0.29) is 0 Å². The van der Waals surface area contributed by atoms with Gasteiger partial charge >= 0.3 is 0 Å². The van der Waals surface area contributed by atoms with Gasteiger partial charge in [0, 0.05) is 25.4 Å². The zero-order chi connectivity index (χ0) is 11.5. The van der Waals surface area contributed by atoms with Crippen LogP contribution in [-0.4, -0.2) is 21.5 Å². The van der Waals surface area contributed by atoms with Crippen LogP contribution in [0, 0.1) is 6.92 Å². The SMILES string of the molecule is CCNCc1cnoc1-c1cn(C)nc1C. The van der Waals surface area contributed by atoms with Gasteiger partial charge in [-0.2, -0.15) is 5.10 Å². The zero-order valence-corrected chi connectivity index (χ0v) is 9.82. The number of hydrogen-bond acceptors (Lipinski definition) is 4. The zero-order valence-electron chi connectivity index (χ0n) is 9.82. The first-order valence-electron chi connectivity index (χ1n) is 5.37.